The van der Waals surface area contributed by atoms with Crippen molar-refractivity contribution < 1.29 is 14.3 Å². The van der Waals surface area contributed by atoms with E-state index in [0.29, 0.717) is 18.2 Å². The summed E-state index contributed by atoms with van der Waals surface area (Å²) < 4.78 is 11.6. The fourth-order valence-corrected chi connectivity index (χ4v) is 3.52. The summed E-state index contributed by atoms with van der Waals surface area (Å²) in [5.41, 5.74) is 0.670. The van der Waals surface area contributed by atoms with Crippen LogP contribution < -0.4 is 10.1 Å². The van der Waals surface area contributed by atoms with Gasteiger partial charge < -0.3 is 14.8 Å². The highest BCUT2D eigenvalue weighted by Crippen LogP contribution is 2.29. The summed E-state index contributed by atoms with van der Waals surface area (Å²) in [6.45, 7) is 4.26. The lowest BCUT2D eigenvalue weighted by Crippen LogP contribution is -2.50. The van der Waals surface area contributed by atoms with Crippen LogP contribution in [0.4, 0.5) is 0 Å². The number of carbonyl (C=O) groups excluding carboxylic acids is 1. The Morgan fingerprint density at radius 2 is 2.08 bits per heavy atom. The monoisotopic (exact) mass is 330 g/mol. The van der Waals surface area contributed by atoms with Crippen LogP contribution >= 0.6 is 0 Å². The smallest absolute Gasteiger partial charge is 0.251 e. The number of rotatable bonds is 6. The van der Waals surface area contributed by atoms with Crippen molar-refractivity contribution >= 4 is 5.91 Å². The molecule has 5 nitrogen and oxygen atoms in total. The second-order valence-corrected chi connectivity index (χ2v) is 7.24. The second kappa shape index (κ2) is 7.11. The van der Waals surface area contributed by atoms with Crippen LogP contribution in [0.2, 0.25) is 0 Å². The maximum atomic E-state index is 12.3. The third kappa shape index (κ3) is 3.90. The van der Waals surface area contributed by atoms with Gasteiger partial charge >= 0.3 is 0 Å². The molecule has 1 amide bonds. The second-order valence-electron chi connectivity index (χ2n) is 7.24. The SMILES string of the molecule is O=C(NC[C@H]1CN2CCC[C@H]2CO1)c1ccc(OCC2CC2)cc1. The average molecular weight is 330 g/mol. The minimum atomic E-state index is -0.0455. The molecule has 3 fully saturated rings. The average Bonchev–Trinajstić information content (AvgIpc) is 3.33. The van der Waals surface area contributed by atoms with E-state index in [1.165, 1.54) is 32.2 Å². The number of benzene rings is 1. The van der Waals surface area contributed by atoms with E-state index in [-0.39, 0.29) is 12.0 Å². The Kier molecular flexibility index (Phi) is 4.72. The van der Waals surface area contributed by atoms with Crippen molar-refractivity contribution in [2.45, 2.75) is 37.8 Å². The van der Waals surface area contributed by atoms with Gasteiger partial charge in [-0.15, -0.1) is 0 Å². The molecule has 1 aliphatic carbocycles. The standard InChI is InChI=1S/C19H26N2O3/c22-19(15-5-7-17(8-6-15)23-12-14-3-4-14)20-10-18-11-21-9-1-2-16(21)13-24-18/h5-8,14,16,18H,1-4,9-13H2,(H,20,22)/t16-,18-/m0/s1. The first-order chi connectivity index (χ1) is 11.8. The highest BCUT2D eigenvalue weighted by Gasteiger charge is 2.32. The van der Waals surface area contributed by atoms with Crippen molar-refractivity contribution in [2.24, 2.45) is 5.92 Å². The molecule has 1 N–H and O–H groups in total. The fourth-order valence-electron chi connectivity index (χ4n) is 3.52. The molecule has 3 aliphatic rings. The molecule has 0 unspecified atom stereocenters. The molecule has 2 atom stereocenters. The van der Waals surface area contributed by atoms with Crippen molar-refractivity contribution in [3.05, 3.63) is 29.8 Å². The summed E-state index contributed by atoms with van der Waals surface area (Å²) >= 11 is 0. The van der Waals surface area contributed by atoms with Crippen LogP contribution in [0, 0.1) is 5.92 Å². The lowest BCUT2D eigenvalue weighted by molar-refractivity contribution is -0.0461. The predicted molar refractivity (Wildman–Crippen MR) is 91.3 cm³/mol. The van der Waals surface area contributed by atoms with Crippen molar-refractivity contribution in [3.63, 3.8) is 0 Å². The first-order valence-electron chi connectivity index (χ1n) is 9.14. The van der Waals surface area contributed by atoms with Crippen LogP contribution in [0.5, 0.6) is 5.75 Å². The number of carbonyl (C=O) groups is 1. The number of fused-ring (bicyclic) bond motifs is 1. The van der Waals surface area contributed by atoms with Gasteiger partial charge in [-0.25, -0.2) is 0 Å². The summed E-state index contributed by atoms with van der Waals surface area (Å²) in [6, 6.07) is 8.01. The van der Waals surface area contributed by atoms with E-state index in [1.807, 2.05) is 24.3 Å². The minimum Gasteiger partial charge on any atom is -0.493 e. The third-order valence-corrected chi connectivity index (χ3v) is 5.25. The number of nitrogens with one attached hydrogen (secondary N) is 1. The first-order valence-corrected chi connectivity index (χ1v) is 9.14. The van der Waals surface area contributed by atoms with Gasteiger partial charge in [-0.2, -0.15) is 0 Å². The minimum absolute atomic E-state index is 0.0455. The molecule has 1 aromatic rings. The molecule has 4 rings (SSSR count). The fraction of sp³-hybridized carbons (Fsp3) is 0.632. The maximum Gasteiger partial charge on any atom is 0.251 e. The van der Waals surface area contributed by atoms with E-state index >= 15 is 0 Å². The zero-order chi connectivity index (χ0) is 16.4. The van der Waals surface area contributed by atoms with E-state index in [0.717, 1.165) is 31.4 Å². The molecule has 0 aromatic heterocycles. The van der Waals surface area contributed by atoms with Crippen molar-refractivity contribution in [1.29, 1.82) is 0 Å². The highest BCUT2D eigenvalue weighted by molar-refractivity contribution is 5.94. The van der Waals surface area contributed by atoms with E-state index in [4.69, 9.17) is 9.47 Å². The molecular formula is C19H26N2O3. The maximum absolute atomic E-state index is 12.3. The van der Waals surface area contributed by atoms with Crippen LogP contribution in [-0.2, 0) is 4.74 Å². The van der Waals surface area contributed by atoms with Gasteiger partial charge in [-0.3, -0.25) is 9.69 Å². The number of hydrogen-bond donors (Lipinski definition) is 1. The number of amides is 1. The summed E-state index contributed by atoms with van der Waals surface area (Å²) in [5, 5.41) is 3.00. The Hall–Kier alpha value is -1.59. The molecular weight excluding hydrogens is 304 g/mol. The molecule has 2 aliphatic heterocycles. The normalized spacial score (nSPS) is 26.8. The van der Waals surface area contributed by atoms with Gasteiger partial charge in [0.2, 0.25) is 0 Å². The Morgan fingerprint density at radius 1 is 1.25 bits per heavy atom. The Labute approximate surface area is 143 Å². The molecule has 24 heavy (non-hydrogen) atoms. The number of ether oxygens (including phenoxy) is 2. The zero-order valence-electron chi connectivity index (χ0n) is 14.1. The summed E-state index contributed by atoms with van der Waals surface area (Å²) in [6.07, 6.45) is 5.17. The zero-order valence-corrected chi connectivity index (χ0v) is 14.1. The summed E-state index contributed by atoms with van der Waals surface area (Å²) in [7, 11) is 0. The van der Waals surface area contributed by atoms with Gasteiger partial charge in [0.15, 0.2) is 0 Å². The molecule has 130 valence electrons. The highest BCUT2D eigenvalue weighted by atomic mass is 16.5. The molecule has 5 heteroatoms. The Bertz CT molecular complexity index is 570. The van der Waals surface area contributed by atoms with Gasteiger partial charge in [-0.05, 0) is 62.4 Å². The van der Waals surface area contributed by atoms with E-state index in [9.17, 15) is 4.79 Å². The Morgan fingerprint density at radius 3 is 2.88 bits per heavy atom. The number of nitrogens with zero attached hydrogens (tertiary/aromatic N) is 1. The first kappa shape index (κ1) is 15.9. The van der Waals surface area contributed by atoms with Gasteiger partial charge in [0.05, 0.1) is 19.3 Å². The van der Waals surface area contributed by atoms with Crippen molar-refractivity contribution in [1.82, 2.24) is 10.2 Å². The summed E-state index contributed by atoms with van der Waals surface area (Å²) in [5.74, 6) is 1.53. The topological polar surface area (TPSA) is 50.8 Å². The molecule has 1 aromatic carbocycles. The van der Waals surface area contributed by atoms with Gasteiger partial charge in [0.1, 0.15) is 5.75 Å². The largest absolute Gasteiger partial charge is 0.493 e. The Balaban J connectivity index is 1.23. The van der Waals surface area contributed by atoms with Crippen LogP contribution in [0.15, 0.2) is 24.3 Å². The van der Waals surface area contributed by atoms with Crippen LogP contribution in [0.25, 0.3) is 0 Å². The number of hydrogen-bond acceptors (Lipinski definition) is 4. The van der Waals surface area contributed by atoms with E-state index < -0.39 is 0 Å². The predicted octanol–water partition coefficient (Wildman–Crippen LogP) is 2.07. The molecule has 2 heterocycles. The van der Waals surface area contributed by atoms with Gasteiger partial charge in [0, 0.05) is 24.7 Å². The quantitative estimate of drug-likeness (QED) is 0.867. The van der Waals surface area contributed by atoms with E-state index in [2.05, 4.69) is 10.2 Å². The molecule has 0 bridgehead atoms. The summed E-state index contributed by atoms with van der Waals surface area (Å²) in [4.78, 5) is 14.8. The van der Waals surface area contributed by atoms with Crippen LogP contribution in [0.3, 0.4) is 0 Å². The van der Waals surface area contributed by atoms with Crippen molar-refractivity contribution in [3.8, 4) is 5.75 Å². The van der Waals surface area contributed by atoms with Crippen LogP contribution in [0.1, 0.15) is 36.0 Å². The lowest BCUT2D eigenvalue weighted by atomic mass is 10.1. The van der Waals surface area contributed by atoms with Crippen molar-refractivity contribution in [2.75, 3.05) is 32.8 Å². The molecule has 0 spiro atoms. The van der Waals surface area contributed by atoms with E-state index in [1.54, 1.807) is 0 Å². The molecule has 1 saturated carbocycles. The molecule has 2 saturated heterocycles. The third-order valence-electron chi connectivity index (χ3n) is 5.25. The van der Waals surface area contributed by atoms with Gasteiger partial charge in [0.25, 0.3) is 5.91 Å². The van der Waals surface area contributed by atoms with Crippen LogP contribution in [-0.4, -0.2) is 55.8 Å². The number of morpholine rings is 1. The van der Waals surface area contributed by atoms with Gasteiger partial charge in [-0.1, -0.05) is 0 Å². The lowest BCUT2D eigenvalue weighted by Gasteiger charge is -2.35. The molecule has 0 radical (unpaired) electrons.